The summed E-state index contributed by atoms with van der Waals surface area (Å²) < 4.78 is 11.3. The number of furan rings is 1. The third-order valence-electron chi connectivity index (χ3n) is 3.48. The lowest BCUT2D eigenvalue weighted by Crippen LogP contribution is -2.28. The first-order valence-electron chi connectivity index (χ1n) is 6.16. The minimum absolute atomic E-state index is 0.0531. The molecule has 1 fully saturated rings. The largest absolute Gasteiger partial charge is 0.459 e. The van der Waals surface area contributed by atoms with Crippen LogP contribution in [0.4, 0.5) is 0 Å². The van der Waals surface area contributed by atoms with E-state index < -0.39 is 0 Å². The quantitative estimate of drug-likeness (QED) is 0.864. The highest BCUT2D eigenvalue weighted by Crippen LogP contribution is 2.30. The number of fused-ring (bicyclic) bond motifs is 1. The Hall–Kier alpha value is -1.32. The Morgan fingerprint density at radius 1 is 1.29 bits per heavy atom. The average Bonchev–Trinajstić information content (AvgIpc) is 2.82. The van der Waals surface area contributed by atoms with E-state index in [0.717, 1.165) is 42.8 Å². The Kier molecular flexibility index (Phi) is 2.87. The number of hydrogen-bond donors (Lipinski definition) is 1. The van der Waals surface area contributed by atoms with E-state index in [1.165, 1.54) is 0 Å². The molecule has 2 unspecified atom stereocenters. The predicted octanol–water partition coefficient (Wildman–Crippen LogP) is 2.86. The standard InChI is InChI=1S/C14H17NO2/c15-14(11-5-3-7-16-9-11)13-8-10-4-1-2-6-12(10)17-13/h1-2,4,6,8,11,14H,3,5,7,9,15H2. The summed E-state index contributed by atoms with van der Waals surface area (Å²) in [4.78, 5) is 0. The molecule has 2 aromatic rings. The fraction of sp³-hybridized carbons (Fsp3) is 0.429. The summed E-state index contributed by atoms with van der Waals surface area (Å²) in [7, 11) is 0. The van der Waals surface area contributed by atoms with Crippen molar-refractivity contribution in [3.05, 3.63) is 36.1 Å². The third kappa shape index (κ3) is 2.08. The molecule has 0 saturated carbocycles. The highest BCUT2D eigenvalue weighted by atomic mass is 16.5. The number of ether oxygens (including phenoxy) is 1. The first kappa shape index (κ1) is 10.8. The molecule has 3 heteroatoms. The molecule has 1 aromatic heterocycles. The molecule has 1 saturated heterocycles. The third-order valence-corrected chi connectivity index (χ3v) is 3.48. The van der Waals surface area contributed by atoms with E-state index >= 15 is 0 Å². The predicted molar refractivity (Wildman–Crippen MR) is 66.7 cm³/mol. The normalized spacial score (nSPS) is 22.8. The molecule has 3 rings (SSSR count). The van der Waals surface area contributed by atoms with E-state index in [4.69, 9.17) is 14.9 Å². The van der Waals surface area contributed by atoms with Crippen molar-refractivity contribution >= 4 is 11.0 Å². The molecule has 1 aliphatic rings. The van der Waals surface area contributed by atoms with Crippen LogP contribution in [0.1, 0.15) is 24.6 Å². The molecule has 0 aliphatic carbocycles. The van der Waals surface area contributed by atoms with Gasteiger partial charge in [-0.3, -0.25) is 0 Å². The van der Waals surface area contributed by atoms with Gasteiger partial charge in [-0.15, -0.1) is 0 Å². The van der Waals surface area contributed by atoms with Crippen LogP contribution in [0.25, 0.3) is 11.0 Å². The molecule has 0 bridgehead atoms. The highest BCUT2D eigenvalue weighted by Gasteiger charge is 2.24. The SMILES string of the molecule is NC(c1cc2ccccc2o1)C1CCCOC1. The Morgan fingerprint density at radius 3 is 2.94 bits per heavy atom. The zero-order valence-corrected chi connectivity index (χ0v) is 9.76. The van der Waals surface area contributed by atoms with Crippen LogP contribution >= 0.6 is 0 Å². The number of hydrogen-bond acceptors (Lipinski definition) is 3. The number of rotatable bonds is 2. The number of para-hydroxylation sites is 1. The zero-order chi connectivity index (χ0) is 11.7. The van der Waals surface area contributed by atoms with Gasteiger partial charge in [0.2, 0.25) is 0 Å². The fourth-order valence-electron chi connectivity index (χ4n) is 2.45. The summed E-state index contributed by atoms with van der Waals surface area (Å²) in [5.74, 6) is 1.26. The van der Waals surface area contributed by atoms with Gasteiger partial charge in [0, 0.05) is 17.9 Å². The molecule has 0 amide bonds. The molecular weight excluding hydrogens is 214 g/mol. The van der Waals surface area contributed by atoms with E-state index in [2.05, 4.69) is 6.07 Å². The second-order valence-corrected chi connectivity index (χ2v) is 4.69. The van der Waals surface area contributed by atoms with Crippen molar-refractivity contribution in [3.63, 3.8) is 0 Å². The van der Waals surface area contributed by atoms with Crippen LogP contribution in [0.15, 0.2) is 34.7 Å². The molecule has 2 atom stereocenters. The van der Waals surface area contributed by atoms with Gasteiger partial charge in [0.15, 0.2) is 0 Å². The van der Waals surface area contributed by atoms with Crippen molar-refractivity contribution in [1.29, 1.82) is 0 Å². The van der Waals surface area contributed by atoms with Crippen LogP contribution in [-0.2, 0) is 4.74 Å². The molecule has 0 spiro atoms. The zero-order valence-electron chi connectivity index (χ0n) is 9.76. The maximum absolute atomic E-state index is 6.26. The van der Waals surface area contributed by atoms with Crippen LogP contribution in [0.5, 0.6) is 0 Å². The lowest BCUT2D eigenvalue weighted by atomic mass is 9.93. The molecule has 3 nitrogen and oxygen atoms in total. The van der Waals surface area contributed by atoms with Gasteiger partial charge in [-0.1, -0.05) is 18.2 Å². The minimum Gasteiger partial charge on any atom is -0.459 e. The summed E-state index contributed by atoms with van der Waals surface area (Å²) in [6.07, 6.45) is 2.22. The second-order valence-electron chi connectivity index (χ2n) is 4.69. The van der Waals surface area contributed by atoms with Crippen molar-refractivity contribution in [2.24, 2.45) is 11.7 Å². The van der Waals surface area contributed by atoms with Gasteiger partial charge in [0.1, 0.15) is 11.3 Å². The van der Waals surface area contributed by atoms with Crippen LogP contribution in [0, 0.1) is 5.92 Å². The maximum atomic E-state index is 6.26. The monoisotopic (exact) mass is 231 g/mol. The fourth-order valence-corrected chi connectivity index (χ4v) is 2.45. The van der Waals surface area contributed by atoms with Gasteiger partial charge < -0.3 is 14.9 Å². The van der Waals surface area contributed by atoms with E-state index in [-0.39, 0.29) is 6.04 Å². The molecule has 1 aliphatic heterocycles. The van der Waals surface area contributed by atoms with Crippen LogP contribution in [0.3, 0.4) is 0 Å². The van der Waals surface area contributed by atoms with Crippen LogP contribution in [-0.4, -0.2) is 13.2 Å². The molecule has 0 radical (unpaired) electrons. The smallest absolute Gasteiger partial charge is 0.134 e. The van der Waals surface area contributed by atoms with Gasteiger partial charge in [-0.05, 0) is 25.0 Å². The molecule has 2 heterocycles. The second kappa shape index (κ2) is 4.51. The number of benzene rings is 1. The van der Waals surface area contributed by atoms with E-state index in [1.807, 2.05) is 24.3 Å². The van der Waals surface area contributed by atoms with Gasteiger partial charge in [-0.2, -0.15) is 0 Å². The topological polar surface area (TPSA) is 48.4 Å². The van der Waals surface area contributed by atoms with Crippen molar-refractivity contribution in [1.82, 2.24) is 0 Å². The lowest BCUT2D eigenvalue weighted by Gasteiger charge is -2.26. The van der Waals surface area contributed by atoms with E-state index in [9.17, 15) is 0 Å². The number of nitrogens with two attached hydrogens (primary N) is 1. The van der Waals surface area contributed by atoms with E-state index in [1.54, 1.807) is 0 Å². The van der Waals surface area contributed by atoms with Crippen molar-refractivity contribution in [2.45, 2.75) is 18.9 Å². The molecule has 2 N–H and O–H groups in total. The molecule has 1 aromatic carbocycles. The van der Waals surface area contributed by atoms with Crippen molar-refractivity contribution < 1.29 is 9.15 Å². The Labute approximate surface area is 101 Å². The van der Waals surface area contributed by atoms with Crippen LogP contribution in [0.2, 0.25) is 0 Å². The van der Waals surface area contributed by atoms with Crippen molar-refractivity contribution in [3.8, 4) is 0 Å². The molecule has 90 valence electrons. The summed E-state index contributed by atoms with van der Waals surface area (Å²) in [5.41, 5.74) is 7.17. The Balaban J connectivity index is 1.86. The summed E-state index contributed by atoms with van der Waals surface area (Å²) in [6.45, 7) is 1.61. The van der Waals surface area contributed by atoms with Gasteiger partial charge in [-0.25, -0.2) is 0 Å². The van der Waals surface area contributed by atoms with Gasteiger partial charge in [0.05, 0.1) is 12.6 Å². The highest BCUT2D eigenvalue weighted by molar-refractivity contribution is 5.77. The summed E-state index contributed by atoms with van der Waals surface area (Å²) >= 11 is 0. The summed E-state index contributed by atoms with van der Waals surface area (Å²) in [5, 5.41) is 1.12. The first-order chi connectivity index (χ1) is 8.34. The van der Waals surface area contributed by atoms with Gasteiger partial charge in [0.25, 0.3) is 0 Å². The van der Waals surface area contributed by atoms with E-state index in [0.29, 0.717) is 5.92 Å². The molecule has 17 heavy (non-hydrogen) atoms. The Bertz CT molecular complexity index is 467. The Morgan fingerprint density at radius 2 is 2.18 bits per heavy atom. The lowest BCUT2D eigenvalue weighted by molar-refractivity contribution is 0.0421. The molecular formula is C14H17NO2. The maximum Gasteiger partial charge on any atom is 0.134 e. The van der Waals surface area contributed by atoms with Gasteiger partial charge >= 0.3 is 0 Å². The average molecular weight is 231 g/mol. The van der Waals surface area contributed by atoms with Crippen LogP contribution < -0.4 is 5.73 Å². The first-order valence-corrected chi connectivity index (χ1v) is 6.16. The van der Waals surface area contributed by atoms with Crippen molar-refractivity contribution in [2.75, 3.05) is 13.2 Å². The minimum atomic E-state index is -0.0531. The summed E-state index contributed by atoms with van der Waals surface area (Å²) in [6, 6.07) is 10.0.